The summed E-state index contributed by atoms with van der Waals surface area (Å²) in [5, 5.41) is 10.9. The van der Waals surface area contributed by atoms with Gasteiger partial charge in [-0.2, -0.15) is 0 Å². The number of halogens is 1. The molecule has 4 nitrogen and oxygen atoms in total. The predicted octanol–water partition coefficient (Wildman–Crippen LogP) is 2.73. The molecule has 3 rings (SSSR count). The van der Waals surface area contributed by atoms with Gasteiger partial charge in [0.15, 0.2) is 0 Å². The molecule has 0 radical (unpaired) electrons. The van der Waals surface area contributed by atoms with Crippen molar-refractivity contribution in [3.8, 4) is 0 Å². The highest BCUT2D eigenvalue weighted by Gasteiger charge is 2.31. The standard InChI is InChI=1S/C15H17ClN2O2/c1-9-14(12-7-10(16)4-5-13(12)17-9)15(20)18-6-2-3-11(18)8-19/h4-5,7,11,17,19H,2-3,6,8H2,1H3/t11-/m1/s1. The van der Waals surface area contributed by atoms with E-state index in [1.54, 1.807) is 11.0 Å². The van der Waals surface area contributed by atoms with Crippen LogP contribution in [0.15, 0.2) is 18.2 Å². The van der Waals surface area contributed by atoms with Crippen LogP contribution in [0, 0.1) is 6.92 Å². The highest BCUT2D eigenvalue weighted by molar-refractivity contribution is 6.31. The van der Waals surface area contributed by atoms with E-state index in [1.807, 2.05) is 19.1 Å². The molecule has 5 heteroatoms. The second kappa shape index (κ2) is 5.11. The van der Waals surface area contributed by atoms with Crippen molar-refractivity contribution in [2.24, 2.45) is 0 Å². The first-order valence-electron chi connectivity index (χ1n) is 6.81. The van der Waals surface area contributed by atoms with Crippen LogP contribution in [0.4, 0.5) is 0 Å². The summed E-state index contributed by atoms with van der Waals surface area (Å²) in [4.78, 5) is 17.8. The Morgan fingerprint density at radius 2 is 2.35 bits per heavy atom. The van der Waals surface area contributed by atoms with Crippen molar-refractivity contribution in [2.75, 3.05) is 13.2 Å². The summed E-state index contributed by atoms with van der Waals surface area (Å²) in [6, 6.07) is 5.44. The molecule has 1 fully saturated rings. The molecule has 20 heavy (non-hydrogen) atoms. The zero-order valence-corrected chi connectivity index (χ0v) is 12.1. The zero-order valence-electron chi connectivity index (χ0n) is 11.3. The van der Waals surface area contributed by atoms with Gasteiger partial charge in [0.05, 0.1) is 18.2 Å². The first kappa shape index (κ1) is 13.5. The van der Waals surface area contributed by atoms with Gasteiger partial charge in [0, 0.05) is 28.2 Å². The molecule has 106 valence electrons. The van der Waals surface area contributed by atoms with E-state index in [2.05, 4.69) is 4.98 Å². The van der Waals surface area contributed by atoms with Gasteiger partial charge >= 0.3 is 0 Å². The number of fused-ring (bicyclic) bond motifs is 1. The molecule has 1 aromatic heterocycles. The van der Waals surface area contributed by atoms with Gasteiger partial charge in [-0.3, -0.25) is 4.79 Å². The smallest absolute Gasteiger partial charge is 0.256 e. The Morgan fingerprint density at radius 1 is 1.55 bits per heavy atom. The number of aromatic nitrogens is 1. The second-order valence-electron chi connectivity index (χ2n) is 5.29. The lowest BCUT2D eigenvalue weighted by Gasteiger charge is -2.23. The SMILES string of the molecule is Cc1[nH]c2ccc(Cl)cc2c1C(=O)N1CCC[C@@H]1CO. The molecule has 2 heterocycles. The topological polar surface area (TPSA) is 56.3 Å². The number of H-pyrrole nitrogens is 1. The highest BCUT2D eigenvalue weighted by Crippen LogP contribution is 2.28. The average molecular weight is 293 g/mol. The summed E-state index contributed by atoms with van der Waals surface area (Å²) < 4.78 is 0. The van der Waals surface area contributed by atoms with E-state index in [1.165, 1.54) is 0 Å². The van der Waals surface area contributed by atoms with Gasteiger partial charge in [0.25, 0.3) is 5.91 Å². The van der Waals surface area contributed by atoms with Gasteiger partial charge in [-0.15, -0.1) is 0 Å². The maximum atomic E-state index is 12.8. The number of aliphatic hydroxyl groups excluding tert-OH is 1. The molecule has 1 saturated heterocycles. The molecule has 1 aromatic carbocycles. The van der Waals surface area contributed by atoms with Crippen LogP contribution in [0.5, 0.6) is 0 Å². The van der Waals surface area contributed by atoms with Crippen LogP contribution in [0.1, 0.15) is 28.9 Å². The van der Waals surface area contributed by atoms with E-state index in [4.69, 9.17) is 11.6 Å². The molecule has 0 bridgehead atoms. The van der Waals surface area contributed by atoms with E-state index in [9.17, 15) is 9.90 Å². The van der Waals surface area contributed by atoms with Gasteiger partial charge in [-0.1, -0.05) is 11.6 Å². The molecule has 1 aliphatic heterocycles. The van der Waals surface area contributed by atoms with Crippen LogP contribution < -0.4 is 0 Å². The maximum absolute atomic E-state index is 12.8. The number of aryl methyl sites for hydroxylation is 1. The van der Waals surface area contributed by atoms with Crippen molar-refractivity contribution < 1.29 is 9.90 Å². The number of aliphatic hydroxyl groups is 1. The van der Waals surface area contributed by atoms with E-state index < -0.39 is 0 Å². The van der Waals surface area contributed by atoms with Crippen molar-refractivity contribution in [2.45, 2.75) is 25.8 Å². The van der Waals surface area contributed by atoms with Crippen molar-refractivity contribution in [1.29, 1.82) is 0 Å². The molecule has 1 amide bonds. The molecule has 1 atom stereocenters. The Kier molecular flexibility index (Phi) is 3.44. The third kappa shape index (κ3) is 2.09. The van der Waals surface area contributed by atoms with Gasteiger partial charge in [0.2, 0.25) is 0 Å². The Labute approximate surface area is 122 Å². The van der Waals surface area contributed by atoms with Crippen LogP contribution in [-0.4, -0.2) is 40.1 Å². The average Bonchev–Trinajstić information content (AvgIpc) is 3.01. The lowest BCUT2D eigenvalue weighted by atomic mass is 10.1. The zero-order chi connectivity index (χ0) is 14.3. The monoisotopic (exact) mass is 292 g/mol. The number of aromatic amines is 1. The molecule has 0 saturated carbocycles. The minimum absolute atomic E-state index is 0.0208. The molecular formula is C15H17ClN2O2. The Bertz CT molecular complexity index is 665. The molecule has 1 aliphatic rings. The minimum Gasteiger partial charge on any atom is -0.394 e. The van der Waals surface area contributed by atoms with E-state index in [0.717, 1.165) is 29.4 Å². The van der Waals surface area contributed by atoms with Crippen LogP contribution >= 0.6 is 11.6 Å². The normalized spacial score (nSPS) is 18.9. The van der Waals surface area contributed by atoms with Gasteiger partial charge in [0.1, 0.15) is 0 Å². The first-order valence-corrected chi connectivity index (χ1v) is 7.19. The lowest BCUT2D eigenvalue weighted by molar-refractivity contribution is 0.0679. The van der Waals surface area contributed by atoms with Gasteiger partial charge < -0.3 is 15.0 Å². The molecule has 0 unspecified atom stereocenters. The number of rotatable bonds is 2. The number of hydrogen-bond donors (Lipinski definition) is 2. The number of carbonyl (C=O) groups is 1. The fraction of sp³-hybridized carbons (Fsp3) is 0.400. The number of benzene rings is 1. The van der Waals surface area contributed by atoms with Crippen molar-refractivity contribution >= 4 is 28.4 Å². The van der Waals surface area contributed by atoms with Crippen molar-refractivity contribution in [1.82, 2.24) is 9.88 Å². The van der Waals surface area contributed by atoms with Crippen molar-refractivity contribution in [3.05, 3.63) is 34.5 Å². The number of hydrogen-bond acceptors (Lipinski definition) is 2. The summed E-state index contributed by atoms with van der Waals surface area (Å²) in [5.74, 6) is -0.0208. The number of amides is 1. The van der Waals surface area contributed by atoms with Crippen molar-refractivity contribution in [3.63, 3.8) is 0 Å². The number of likely N-dealkylation sites (tertiary alicyclic amines) is 1. The Morgan fingerprint density at radius 3 is 3.10 bits per heavy atom. The summed E-state index contributed by atoms with van der Waals surface area (Å²) >= 11 is 6.04. The fourth-order valence-corrected chi connectivity index (χ4v) is 3.18. The molecule has 0 spiro atoms. The third-order valence-electron chi connectivity index (χ3n) is 4.01. The lowest BCUT2D eigenvalue weighted by Crippen LogP contribution is -2.37. The fourth-order valence-electron chi connectivity index (χ4n) is 3.01. The molecule has 0 aliphatic carbocycles. The number of carbonyl (C=O) groups excluding carboxylic acids is 1. The molecular weight excluding hydrogens is 276 g/mol. The molecule has 2 aromatic rings. The van der Waals surface area contributed by atoms with Gasteiger partial charge in [-0.05, 0) is 38.0 Å². The van der Waals surface area contributed by atoms with Gasteiger partial charge in [-0.25, -0.2) is 0 Å². The summed E-state index contributed by atoms with van der Waals surface area (Å²) in [6.45, 7) is 2.62. The highest BCUT2D eigenvalue weighted by atomic mass is 35.5. The summed E-state index contributed by atoms with van der Waals surface area (Å²) in [6.07, 6.45) is 1.81. The minimum atomic E-state index is -0.0639. The van der Waals surface area contributed by atoms with E-state index in [0.29, 0.717) is 17.1 Å². The van der Waals surface area contributed by atoms with Crippen LogP contribution in [0.25, 0.3) is 10.9 Å². The van der Waals surface area contributed by atoms with E-state index >= 15 is 0 Å². The Balaban J connectivity index is 2.07. The second-order valence-corrected chi connectivity index (χ2v) is 5.73. The largest absolute Gasteiger partial charge is 0.394 e. The Hall–Kier alpha value is -1.52. The van der Waals surface area contributed by atoms with Crippen LogP contribution in [0.3, 0.4) is 0 Å². The summed E-state index contributed by atoms with van der Waals surface area (Å²) in [7, 11) is 0. The quantitative estimate of drug-likeness (QED) is 0.894. The third-order valence-corrected chi connectivity index (χ3v) is 4.25. The summed E-state index contributed by atoms with van der Waals surface area (Å²) in [5.41, 5.74) is 2.42. The predicted molar refractivity (Wildman–Crippen MR) is 79.2 cm³/mol. The number of nitrogens with one attached hydrogen (secondary N) is 1. The number of nitrogens with zero attached hydrogens (tertiary/aromatic N) is 1. The molecule has 2 N–H and O–H groups in total. The van der Waals surface area contributed by atoms with Crippen LogP contribution in [0.2, 0.25) is 5.02 Å². The van der Waals surface area contributed by atoms with E-state index in [-0.39, 0.29) is 18.6 Å². The maximum Gasteiger partial charge on any atom is 0.256 e. The van der Waals surface area contributed by atoms with Crippen LogP contribution in [-0.2, 0) is 0 Å². The first-order chi connectivity index (χ1) is 9.61.